The Morgan fingerprint density at radius 3 is 2.34 bits per heavy atom. The molecule has 3 amide bonds. The van der Waals surface area contributed by atoms with Gasteiger partial charge in [-0.2, -0.15) is 0 Å². The van der Waals surface area contributed by atoms with Gasteiger partial charge in [0.05, 0.1) is 19.0 Å². The van der Waals surface area contributed by atoms with Gasteiger partial charge in [0, 0.05) is 30.8 Å². The smallest absolute Gasteiger partial charge is 0.410 e. The lowest BCUT2D eigenvalue weighted by Crippen LogP contribution is -2.54. The summed E-state index contributed by atoms with van der Waals surface area (Å²) in [5.74, 6) is -3.77. The fourth-order valence-electron chi connectivity index (χ4n) is 4.07. The lowest BCUT2D eigenvalue weighted by Gasteiger charge is -2.41. The summed E-state index contributed by atoms with van der Waals surface area (Å²) in [6.07, 6.45) is 2.55. The summed E-state index contributed by atoms with van der Waals surface area (Å²) < 4.78 is 34.7. The molecule has 1 N–H and O–H groups in total. The number of halogens is 2. The van der Waals surface area contributed by atoms with Crippen LogP contribution in [0.1, 0.15) is 43.6 Å². The molecule has 0 saturated carbocycles. The summed E-state index contributed by atoms with van der Waals surface area (Å²) >= 11 is 0. The van der Waals surface area contributed by atoms with Crippen molar-refractivity contribution in [3.63, 3.8) is 0 Å². The summed E-state index contributed by atoms with van der Waals surface area (Å²) in [7, 11) is 0. The Morgan fingerprint density at radius 1 is 1.07 bits per heavy atom. The van der Waals surface area contributed by atoms with Crippen molar-refractivity contribution in [3.8, 4) is 0 Å². The number of imide groups is 1. The lowest BCUT2D eigenvalue weighted by atomic mass is 9.89. The van der Waals surface area contributed by atoms with E-state index in [1.54, 1.807) is 9.80 Å². The molecule has 7 nitrogen and oxygen atoms in total. The average molecular weight is 407 g/mol. The fraction of sp³-hybridized carbons (Fsp3) is 0.550. The molecule has 0 radical (unpaired) electrons. The Balaban J connectivity index is 1.37. The minimum absolute atomic E-state index is 0.0488. The summed E-state index contributed by atoms with van der Waals surface area (Å²) in [5, 5.41) is 2.12. The van der Waals surface area contributed by atoms with E-state index in [1.165, 1.54) is 12.1 Å². The number of benzene rings is 1. The number of hydrogen-bond donors (Lipinski definition) is 1. The minimum atomic E-state index is -1.02. The van der Waals surface area contributed by atoms with E-state index in [4.69, 9.17) is 4.74 Å². The molecule has 1 aromatic rings. The van der Waals surface area contributed by atoms with E-state index in [2.05, 4.69) is 5.32 Å². The molecule has 29 heavy (non-hydrogen) atoms. The number of likely N-dealkylation sites (tertiary alicyclic amines) is 1. The molecule has 3 aliphatic rings. The number of amides is 3. The van der Waals surface area contributed by atoms with E-state index in [9.17, 15) is 23.2 Å². The third-order valence-corrected chi connectivity index (χ3v) is 5.75. The van der Waals surface area contributed by atoms with Crippen molar-refractivity contribution in [1.29, 1.82) is 0 Å². The van der Waals surface area contributed by atoms with Crippen LogP contribution in [0.25, 0.3) is 0 Å². The van der Waals surface area contributed by atoms with Gasteiger partial charge < -0.3 is 14.5 Å². The first-order valence-electron chi connectivity index (χ1n) is 9.95. The molecule has 156 valence electrons. The SMILES string of the molecule is O=C1CCC(c2c(F)cc(N3CC(OC(=O)N4CCCCC4)C3)cc2F)C(=O)N1. The number of piperidine rings is 2. The molecular formula is C20H23F2N3O4. The molecule has 3 heterocycles. The van der Waals surface area contributed by atoms with Crippen LogP contribution in [0.15, 0.2) is 12.1 Å². The van der Waals surface area contributed by atoms with Gasteiger partial charge >= 0.3 is 6.09 Å². The van der Waals surface area contributed by atoms with Gasteiger partial charge in [-0.05, 0) is 37.8 Å². The predicted octanol–water partition coefficient (Wildman–Crippen LogP) is 2.30. The van der Waals surface area contributed by atoms with Crippen molar-refractivity contribution in [2.24, 2.45) is 0 Å². The van der Waals surface area contributed by atoms with Crippen molar-refractivity contribution >= 4 is 23.6 Å². The maximum absolute atomic E-state index is 14.6. The molecule has 0 bridgehead atoms. The number of carbonyl (C=O) groups excluding carboxylic acids is 3. The van der Waals surface area contributed by atoms with Gasteiger partial charge in [-0.3, -0.25) is 14.9 Å². The Labute approximate surface area is 167 Å². The number of ether oxygens (including phenoxy) is 1. The van der Waals surface area contributed by atoms with Gasteiger partial charge in [0.2, 0.25) is 11.8 Å². The van der Waals surface area contributed by atoms with Gasteiger partial charge in [0.25, 0.3) is 0 Å². The Kier molecular flexibility index (Phi) is 5.38. The molecular weight excluding hydrogens is 384 g/mol. The molecule has 1 aromatic carbocycles. The summed E-state index contributed by atoms with van der Waals surface area (Å²) in [6, 6.07) is 2.37. The topological polar surface area (TPSA) is 79.0 Å². The highest BCUT2D eigenvalue weighted by molar-refractivity contribution is 6.01. The quantitative estimate of drug-likeness (QED) is 0.778. The van der Waals surface area contributed by atoms with E-state index in [0.717, 1.165) is 19.3 Å². The van der Waals surface area contributed by atoms with Crippen molar-refractivity contribution < 1.29 is 27.9 Å². The van der Waals surface area contributed by atoms with Gasteiger partial charge in [0.15, 0.2) is 0 Å². The summed E-state index contributed by atoms with van der Waals surface area (Å²) in [6.45, 7) is 2.12. The Bertz CT molecular complexity index is 812. The van der Waals surface area contributed by atoms with Crippen LogP contribution in [0.3, 0.4) is 0 Å². The first-order chi connectivity index (χ1) is 13.9. The number of rotatable bonds is 3. The number of nitrogens with one attached hydrogen (secondary N) is 1. The van der Waals surface area contributed by atoms with Crippen LogP contribution in [0.5, 0.6) is 0 Å². The molecule has 1 atom stereocenters. The lowest BCUT2D eigenvalue weighted by molar-refractivity contribution is -0.134. The van der Waals surface area contributed by atoms with Crippen molar-refractivity contribution in [2.45, 2.75) is 44.1 Å². The second-order valence-electron chi connectivity index (χ2n) is 7.79. The highest BCUT2D eigenvalue weighted by atomic mass is 19.1. The first-order valence-corrected chi connectivity index (χ1v) is 9.95. The Morgan fingerprint density at radius 2 is 1.72 bits per heavy atom. The number of hydrogen-bond acceptors (Lipinski definition) is 5. The molecule has 0 aromatic heterocycles. The summed E-state index contributed by atoms with van der Waals surface area (Å²) in [4.78, 5) is 38.7. The molecule has 3 aliphatic heterocycles. The van der Waals surface area contributed by atoms with Crippen molar-refractivity contribution in [2.75, 3.05) is 31.1 Å². The number of carbonyl (C=O) groups is 3. The highest BCUT2D eigenvalue weighted by Gasteiger charge is 2.35. The monoisotopic (exact) mass is 407 g/mol. The zero-order valence-electron chi connectivity index (χ0n) is 16.0. The number of nitrogens with zero attached hydrogens (tertiary/aromatic N) is 2. The Hall–Kier alpha value is -2.71. The van der Waals surface area contributed by atoms with Crippen LogP contribution in [0.2, 0.25) is 0 Å². The highest BCUT2D eigenvalue weighted by Crippen LogP contribution is 2.33. The molecule has 0 spiro atoms. The second kappa shape index (κ2) is 7.96. The van der Waals surface area contributed by atoms with Crippen LogP contribution < -0.4 is 10.2 Å². The molecule has 4 rings (SSSR count). The van der Waals surface area contributed by atoms with Crippen LogP contribution >= 0.6 is 0 Å². The van der Waals surface area contributed by atoms with Crippen LogP contribution in [0.4, 0.5) is 19.3 Å². The van der Waals surface area contributed by atoms with E-state index in [-0.39, 0.29) is 30.6 Å². The third kappa shape index (κ3) is 4.04. The summed E-state index contributed by atoms with van der Waals surface area (Å²) in [5.41, 5.74) is 0.0219. The standard InChI is InChI=1S/C20H23F2N3O4/c21-15-8-12(9-16(22)18(15)14-4-5-17(26)23-19(14)27)25-10-13(11-25)29-20(28)24-6-2-1-3-7-24/h8-9,13-14H,1-7,10-11H2,(H,23,26,27). The second-order valence-corrected chi connectivity index (χ2v) is 7.79. The van der Waals surface area contributed by atoms with E-state index < -0.39 is 29.4 Å². The zero-order chi connectivity index (χ0) is 20.5. The van der Waals surface area contributed by atoms with E-state index in [0.29, 0.717) is 31.9 Å². The van der Waals surface area contributed by atoms with Crippen LogP contribution in [-0.2, 0) is 14.3 Å². The van der Waals surface area contributed by atoms with E-state index >= 15 is 0 Å². The molecule has 9 heteroatoms. The minimum Gasteiger partial charge on any atom is -0.442 e. The van der Waals surface area contributed by atoms with Gasteiger partial charge in [-0.25, -0.2) is 13.6 Å². The van der Waals surface area contributed by atoms with E-state index in [1.807, 2.05) is 0 Å². The van der Waals surface area contributed by atoms with Crippen LogP contribution in [0, 0.1) is 11.6 Å². The van der Waals surface area contributed by atoms with Crippen molar-refractivity contribution in [3.05, 3.63) is 29.3 Å². The maximum atomic E-state index is 14.6. The van der Waals surface area contributed by atoms with Crippen molar-refractivity contribution in [1.82, 2.24) is 10.2 Å². The third-order valence-electron chi connectivity index (χ3n) is 5.75. The molecule has 3 fully saturated rings. The van der Waals surface area contributed by atoms with Gasteiger partial charge in [0.1, 0.15) is 17.7 Å². The largest absolute Gasteiger partial charge is 0.442 e. The normalized spacial score (nSPS) is 22.9. The number of anilines is 1. The predicted molar refractivity (Wildman–Crippen MR) is 99.4 cm³/mol. The van der Waals surface area contributed by atoms with Gasteiger partial charge in [-0.1, -0.05) is 0 Å². The molecule has 3 saturated heterocycles. The molecule has 1 unspecified atom stereocenters. The molecule has 0 aliphatic carbocycles. The maximum Gasteiger partial charge on any atom is 0.410 e. The fourth-order valence-corrected chi connectivity index (χ4v) is 4.07. The van der Waals surface area contributed by atoms with Crippen LogP contribution in [-0.4, -0.2) is 55.1 Å². The van der Waals surface area contributed by atoms with Gasteiger partial charge in [-0.15, -0.1) is 0 Å². The first kappa shape index (κ1) is 19.6. The zero-order valence-corrected chi connectivity index (χ0v) is 16.0. The average Bonchev–Trinajstić information content (AvgIpc) is 2.66.